The summed E-state index contributed by atoms with van der Waals surface area (Å²) in [4.78, 5) is 0. The van der Waals surface area contributed by atoms with E-state index in [9.17, 15) is 15.3 Å². The maximum atomic E-state index is 9.80. The first-order valence-corrected chi connectivity index (χ1v) is 10.5. The van der Waals surface area contributed by atoms with Crippen LogP contribution in [0.2, 0.25) is 0 Å². The number of allylic oxidation sites excluding steroid dienone is 1. The van der Waals surface area contributed by atoms with Gasteiger partial charge < -0.3 is 24.8 Å². The van der Waals surface area contributed by atoms with E-state index in [4.69, 9.17) is 9.47 Å². The van der Waals surface area contributed by atoms with Gasteiger partial charge in [-0.1, -0.05) is 63.9 Å². The third-order valence-corrected chi connectivity index (χ3v) is 5.12. The highest BCUT2D eigenvalue weighted by Crippen LogP contribution is 2.20. The molecule has 0 radical (unpaired) electrons. The summed E-state index contributed by atoms with van der Waals surface area (Å²) in [6.07, 6.45) is 14.0. The van der Waals surface area contributed by atoms with Gasteiger partial charge in [0.15, 0.2) is 0 Å². The Morgan fingerprint density at radius 3 is 1.92 bits per heavy atom. The molecule has 0 aliphatic carbocycles. The van der Waals surface area contributed by atoms with E-state index >= 15 is 0 Å². The third kappa shape index (κ3) is 10.0. The van der Waals surface area contributed by atoms with E-state index in [-0.39, 0.29) is 13.2 Å². The van der Waals surface area contributed by atoms with Gasteiger partial charge in [0.25, 0.3) is 0 Å². The van der Waals surface area contributed by atoms with Crippen LogP contribution in [-0.2, 0) is 9.47 Å². The first kappa shape index (κ1) is 23.6. The van der Waals surface area contributed by atoms with E-state index in [0.717, 1.165) is 19.3 Å². The lowest BCUT2D eigenvalue weighted by molar-refractivity contribution is -0.101. The number of ether oxygens (including phenoxy) is 2. The summed E-state index contributed by atoms with van der Waals surface area (Å²) >= 11 is 0. The Bertz CT molecular complexity index is 336. The van der Waals surface area contributed by atoms with Gasteiger partial charge in [-0.15, -0.1) is 6.58 Å². The second-order valence-corrected chi connectivity index (χ2v) is 7.41. The van der Waals surface area contributed by atoms with Crippen LogP contribution in [0.1, 0.15) is 77.0 Å². The number of hydrogen-bond acceptors (Lipinski definition) is 5. The summed E-state index contributed by atoms with van der Waals surface area (Å²) in [6.45, 7) is 4.19. The van der Waals surface area contributed by atoms with Crippen LogP contribution >= 0.6 is 0 Å². The standard InChI is InChI=1S/C21H40O5/c1-2-3-4-5-6-7-8-9-10-11-12-13-14-15-25-19(16-22)21-20(24)18(23)17-26-21/h2,18-24H,1,3-17H2/t18-,19+,20-,21-/m0/s1. The summed E-state index contributed by atoms with van der Waals surface area (Å²) in [5.41, 5.74) is 0. The summed E-state index contributed by atoms with van der Waals surface area (Å²) < 4.78 is 11.0. The zero-order valence-corrected chi connectivity index (χ0v) is 16.4. The van der Waals surface area contributed by atoms with Gasteiger partial charge in [0.05, 0.1) is 13.2 Å². The Hall–Kier alpha value is -0.460. The molecule has 0 bridgehead atoms. The molecule has 1 aliphatic rings. The molecule has 1 fully saturated rings. The monoisotopic (exact) mass is 372 g/mol. The lowest BCUT2D eigenvalue weighted by Gasteiger charge is -2.24. The molecule has 154 valence electrons. The number of aliphatic hydroxyl groups is 3. The molecule has 0 aromatic rings. The van der Waals surface area contributed by atoms with Crippen molar-refractivity contribution >= 4 is 0 Å². The van der Waals surface area contributed by atoms with Crippen molar-refractivity contribution in [1.82, 2.24) is 0 Å². The third-order valence-electron chi connectivity index (χ3n) is 5.12. The van der Waals surface area contributed by atoms with Gasteiger partial charge in [-0.3, -0.25) is 0 Å². The van der Waals surface area contributed by atoms with Gasteiger partial charge >= 0.3 is 0 Å². The largest absolute Gasteiger partial charge is 0.394 e. The Balaban J connectivity index is 1.87. The van der Waals surface area contributed by atoms with Gasteiger partial charge in [-0.05, 0) is 19.3 Å². The molecule has 0 amide bonds. The number of aliphatic hydroxyl groups excluding tert-OH is 3. The topological polar surface area (TPSA) is 79.2 Å². The highest BCUT2D eigenvalue weighted by Gasteiger charge is 2.40. The average molecular weight is 373 g/mol. The maximum Gasteiger partial charge on any atom is 0.114 e. The molecule has 0 aromatic heterocycles. The number of hydrogen-bond donors (Lipinski definition) is 3. The van der Waals surface area contributed by atoms with E-state index < -0.39 is 24.4 Å². The molecule has 5 heteroatoms. The molecular weight excluding hydrogens is 332 g/mol. The van der Waals surface area contributed by atoms with E-state index in [1.165, 1.54) is 57.8 Å². The van der Waals surface area contributed by atoms with Gasteiger partial charge in [0.1, 0.15) is 24.4 Å². The van der Waals surface area contributed by atoms with Gasteiger partial charge in [-0.25, -0.2) is 0 Å². The molecule has 3 N–H and O–H groups in total. The predicted molar refractivity (Wildman–Crippen MR) is 104 cm³/mol. The minimum atomic E-state index is -0.978. The van der Waals surface area contributed by atoms with Gasteiger partial charge in [-0.2, -0.15) is 0 Å². The van der Waals surface area contributed by atoms with E-state index in [2.05, 4.69) is 6.58 Å². The molecule has 26 heavy (non-hydrogen) atoms. The molecule has 5 nitrogen and oxygen atoms in total. The highest BCUT2D eigenvalue weighted by atomic mass is 16.6. The fourth-order valence-electron chi connectivity index (χ4n) is 3.42. The summed E-state index contributed by atoms with van der Waals surface area (Å²) in [7, 11) is 0. The normalized spacial score (nSPS) is 24.0. The van der Waals surface area contributed by atoms with Crippen molar-refractivity contribution in [1.29, 1.82) is 0 Å². The van der Waals surface area contributed by atoms with Crippen molar-refractivity contribution in [2.24, 2.45) is 0 Å². The molecule has 1 saturated heterocycles. The molecule has 0 spiro atoms. The molecule has 0 aromatic carbocycles. The zero-order valence-electron chi connectivity index (χ0n) is 16.4. The number of unbranched alkanes of at least 4 members (excludes halogenated alkanes) is 11. The predicted octanol–water partition coefficient (Wildman–Crippen LogP) is 3.35. The average Bonchev–Trinajstić information content (AvgIpc) is 2.98. The van der Waals surface area contributed by atoms with Crippen molar-refractivity contribution in [3.05, 3.63) is 12.7 Å². The smallest absolute Gasteiger partial charge is 0.114 e. The summed E-state index contributed by atoms with van der Waals surface area (Å²) in [5, 5.41) is 28.7. The Kier molecular flexibility index (Phi) is 14.1. The maximum absolute atomic E-state index is 9.80. The Morgan fingerprint density at radius 1 is 0.923 bits per heavy atom. The summed E-state index contributed by atoms with van der Waals surface area (Å²) in [6, 6.07) is 0. The molecule has 4 atom stereocenters. The molecular formula is C21H40O5. The van der Waals surface area contributed by atoms with Crippen LogP contribution in [0.15, 0.2) is 12.7 Å². The van der Waals surface area contributed by atoms with E-state index in [1.807, 2.05) is 6.08 Å². The van der Waals surface area contributed by atoms with Gasteiger partial charge in [0, 0.05) is 6.61 Å². The minimum Gasteiger partial charge on any atom is -0.394 e. The summed E-state index contributed by atoms with van der Waals surface area (Å²) in [5.74, 6) is 0. The van der Waals surface area contributed by atoms with Gasteiger partial charge in [0.2, 0.25) is 0 Å². The lowest BCUT2D eigenvalue weighted by Crippen LogP contribution is -2.42. The van der Waals surface area contributed by atoms with Crippen molar-refractivity contribution in [2.45, 2.75) is 101 Å². The van der Waals surface area contributed by atoms with Crippen LogP contribution in [0.5, 0.6) is 0 Å². The SMILES string of the molecule is C=CCCCCCCCCCCCCCO[C@H](CO)[C@@H]1OC[C@H](O)[C@@H]1O. The van der Waals surface area contributed by atoms with Crippen molar-refractivity contribution in [3.8, 4) is 0 Å². The Labute approximate surface area is 159 Å². The zero-order chi connectivity index (χ0) is 19.0. The Morgan fingerprint density at radius 2 is 1.46 bits per heavy atom. The van der Waals surface area contributed by atoms with Crippen molar-refractivity contribution in [3.63, 3.8) is 0 Å². The fourth-order valence-corrected chi connectivity index (χ4v) is 3.42. The first-order valence-electron chi connectivity index (χ1n) is 10.5. The highest BCUT2D eigenvalue weighted by molar-refractivity contribution is 4.88. The van der Waals surface area contributed by atoms with Crippen LogP contribution in [0, 0.1) is 0 Å². The molecule has 0 saturated carbocycles. The number of rotatable bonds is 17. The van der Waals surface area contributed by atoms with Crippen LogP contribution in [0.25, 0.3) is 0 Å². The minimum absolute atomic E-state index is 0.0977. The second-order valence-electron chi connectivity index (χ2n) is 7.41. The van der Waals surface area contributed by atoms with Crippen molar-refractivity contribution in [2.75, 3.05) is 19.8 Å². The quantitative estimate of drug-likeness (QED) is 0.269. The second kappa shape index (κ2) is 15.6. The molecule has 0 unspecified atom stereocenters. The molecule has 1 rings (SSSR count). The lowest BCUT2D eigenvalue weighted by atomic mass is 10.1. The molecule has 1 heterocycles. The van der Waals surface area contributed by atoms with Crippen LogP contribution < -0.4 is 0 Å². The van der Waals surface area contributed by atoms with E-state index in [0.29, 0.717) is 6.61 Å². The molecule has 1 aliphatic heterocycles. The first-order chi connectivity index (χ1) is 12.7. The van der Waals surface area contributed by atoms with Crippen LogP contribution in [-0.4, -0.2) is 59.6 Å². The fraction of sp³-hybridized carbons (Fsp3) is 0.905. The van der Waals surface area contributed by atoms with E-state index in [1.54, 1.807) is 0 Å². The van der Waals surface area contributed by atoms with Crippen molar-refractivity contribution < 1.29 is 24.8 Å². The van der Waals surface area contributed by atoms with Crippen LogP contribution in [0.4, 0.5) is 0 Å². The van der Waals surface area contributed by atoms with Crippen LogP contribution in [0.3, 0.4) is 0 Å².